The third kappa shape index (κ3) is 6.73. The molecule has 4 aromatic rings. The number of hydrogen-bond acceptors (Lipinski definition) is 5. The minimum atomic E-state index is -3.87. The molecule has 0 radical (unpaired) electrons. The molecule has 1 atom stereocenters. The Labute approximate surface area is 225 Å². The third-order valence-electron chi connectivity index (χ3n) is 6.45. The Hall–Kier alpha value is -3.81. The molecule has 0 saturated carbocycles. The van der Waals surface area contributed by atoms with Crippen LogP contribution in [-0.4, -0.2) is 25.2 Å². The molecule has 7 heteroatoms. The molecule has 38 heavy (non-hydrogen) atoms. The van der Waals surface area contributed by atoms with Gasteiger partial charge in [-0.05, 0) is 85.7 Å². The molecule has 0 saturated heterocycles. The highest BCUT2D eigenvalue weighted by Gasteiger charge is 2.26. The Morgan fingerprint density at radius 3 is 2.18 bits per heavy atom. The molecule has 0 aliphatic rings. The number of sulfonamides is 1. The number of carbonyl (C=O) groups excluding carboxylic acids is 1. The largest absolute Gasteiger partial charge is 0.366 e. The fourth-order valence-electron chi connectivity index (χ4n) is 4.70. The maximum Gasteiger partial charge on any atom is 0.241 e. The zero-order valence-electron chi connectivity index (χ0n) is 22.2. The molecule has 0 amide bonds. The molecule has 1 aromatic heterocycles. The fourth-order valence-corrected chi connectivity index (χ4v) is 6.40. The van der Waals surface area contributed by atoms with Crippen LogP contribution in [0.2, 0.25) is 0 Å². The summed E-state index contributed by atoms with van der Waals surface area (Å²) < 4.78 is 29.1. The van der Waals surface area contributed by atoms with Gasteiger partial charge in [-0.1, -0.05) is 66.2 Å². The predicted octanol–water partition coefficient (Wildman–Crippen LogP) is 5.76. The normalized spacial score (nSPS) is 12.2. The number of aryl methyl sites for hydroxylation is 3. The quantitative estimate of drug-likeness (QED) is 0.274. The molecule has 196 valence electrons. The van der Waals surface area contributed by atoms with E-state index in [9.17, 15) is 13.2 Å². The van der Waals surface area contributed by atoms with Gasteiger partial charge in [-0.2, -0.15) is 0 Å². The van der Waals surface area contributed by atoms with Crippen LogP contribution in [0.1, 0.15) is 34.7 Å². The average molecular weight is 528 g/mol. The maximum atomic E-state index is 13.2. The van der Waals surface area contributed by atoms with Crippen molar-refractivity contribution in [3.05, 3.63) is 113 Å². The Balaban J connectivity index is 1.47. The second-order valence-electron chi connectivity index (χ2n) is 9.68. The molecule has 2 N–H and O–H groups in total. The number of pyridine rings is 1. The number of carbonyl (C=O) groups is 1. The van der Waals surface area contributed by atoms with E-state index in [0.717, 1.165) is 33.6 Å². The van der Waals surface area contributed by atoms with Crippen LogP contribution in [0.3, 0.4) is 0 Å². The number of benzene rings is 3. The highest BCUT2D eigenvalue weighted by molar-refractivity contribution is 7.89. The van der Waals surface area contributed by atoms with Crippen molar-refractivity contribution >= 4 is 21.6 Å². The molecule has 0 aliphatic heterocycles. The van der Waals surface area contributed by atoms with Crippen molar-refractivity contribution < 1.29 is 13.2 Å². The maximum absolute atomic E-state index is 13.2. The van der Waals surface area contributed by atoms with Crippen molar-refractivity contribution in [3.63, 3.8) is 0 Å². The molecule has 0 aliphatic carbocycles. The minimum Gasteiger partial charge on any atom is -0.366 e. The smallest absolute Gasteiger partial charge is 0.241 e. The topological polar surface area (TPSA) is 88.2 Å². The first kappa shape index (κ1) is 27.2. The standard InChI is InChI=1S/C31H33N3O3S/c1-21-16-22(2)31(23(3)17-21)38(36,37)34-29(24(4)35)19-25-11-13-27(14-12-25)28-9-7-8-26(18-28)20-33-30-10-5-6-15-32-30/h5-18,29,34H,19-20H2,1-4H3,(H,32,33). The Kier molecular flexibility index (Phi) is 8.39. The van der Waals surface area contributed by atoms with E-state index in [2.05, 4.69) is 33.2 Å². The van der Waals surface area contributed by atoms with E-state index in [-0.39, 0.29) is 17.1 Å². The summed E-state index contributed by atoms with van der Waals surface area (Å²) in [6.07, 6.45) is 2.03. The van der Waals surface area contributed by atoms with Gasteiger partial charge < -0.3 is 5.32 Å². The zero-order chi connectivity index (χ0) is 27.3. The highest BCUT2D eigenvalue weighted by atomic mass is 32.2. The van der Waals surface area contributed by atoms with Gasteiger partial charge >= 0.3 is 0 Å². The molecule has 6 nitrogen and oxygen atoms in total. The number of nitrogens with one attached hydrogen (secondary N) is 2. The van der Waals surface area contributed by atoms with Crippen molar-refractivity contribution in [3.8, 4) is 11.1 Å². The van der Waals surface area contributed by atoms with Gasteiger partial charge in [0.25, 0.3) is 0 Å². The molecule has 0 bridgehead atoms. The van der Waals surface area contributed by atoms with E-state index in [1.165, 1.54) is 6.92 Å². The highest BCUT2D eigenvalue weighted by Crippen LogP contribution is 2.24. The van der Waals surface area contributed by atoms with E-state index in [1.807, 2.05) is 67.6 Å². The number of hydrogen-bond donors (Lipinski definition) is 2. The van der Waals surface area contributed by atoms with Crippen molar-refractivity contribution in [2.24, 2.45) is 0 Å². The minimum absolute atomic E-state index is 0.229. The van der Waals surface area contributed by atoms with E-state index < -0.39 is 16.1 Å². The number of Topliss-reactive ketones (excluding diaryl/α,β-unsaturated/α-hetero) is 1. The van der Waals surface area contributed by atoms with Gasteiger partial charge in [0.15, 0.2) is 0 Å². The summed E-state index contributed by atoms with van der Waals surface area (Å²) in [5, 5.41) is 3.32. The summed E-state index contributed by atoms with van der Waals surface area (Å²) >= 11 is 0. The Morgan fingerprint density at radius 1 is 0.842 bits per heavy atom. The van der Waals surface area contributed by atoms with Gasteiger partial charge in [0.1, 0.15) is 11.6 Å². The first-order valence-electron chi connectivity index (χ1n) is 12.6. The molecule has 1 unspecified atom stereocenters. The van der Waals surface area contributed by atoms with Crippen LogP contribution in [0.25, 0.3) is 11.1 Å². The summed E-state index contributed by atoms with van der Waals surface area (Å²) in [6.45, 7) is 7.56. The van der Waals surface area contributed by atoms with E-state index in [1.54, 1.807) is 20.0 Å². The number of anilines is 1. The van der Waals surface area contributed by atoms with Crippen molar-refractivity contribution in [1.82, 2.24) is 9.71 Å². The van der Waals surface area contributed by atoms with Gasteiger partial charge in [0.2, 0.25) is 10.0 Å². The number of nitrogens with zero attached hydrogens (tertiary/aromatic N) is 1. The molecule has 4 rings (SSSR count). The average Bonchev–Trinajstić information content (AvgIpc) is 2.87. The first-order chi connectivity index (χ1) is 18.1. The van der Waals surface area contributed by atoms with Crippen LogP contribution in [0.5, 0.6) is 0 Å². The van der Waals surface area contributed by atoms with Crippen LogP contribution in [0.15, 0.2) is 90.0 Å². The molecule has 1 heterocycles. The lowest BCUT2D eigenvalue weighted by molar-refractivity contribution is -0.118. The lowest BCUT2D eigenvalue weighted by Crippen LogP contribution is -2.41. The molecular formula is C31H33N3O3S. The van der Waals surface area contributed by atoms with E-state index in [4.69, 9.17) is 0 Å². The van der Waals surface area contributed by atoms with Crippen LogP contribution >= 0.6 is 0 Å². The van der Waals surface area contributed by atoms with Gasteiger partial charge in [0.05, 0.1) is 10.9 Å². The predicted molar refractivity (Wildman–Crippen MR) is 153 cm³/mol. The second-order valence-corrected chi connectivity index (χ2v) is 11.3. The van der Waals surface area contributed by atoms with Crippen molar-refractivity contribution in [2.45, 2.75) is 51.6 Å². The van der Waals surface area contributed by atoms with Gasteiger partial charge in [-0.15, -0.1) is 0 Å². The number of ketones is 1. The zero-order valence-corrected chi connectivity index (χ0v) is 23.0. The SMILES string of the molecule is CC(=O)C(Cc1ccc(-c2cccc(CNc3ccccn3)c2)cc1)NS(=O)(=O)c1c(C)cc(C)cc1C. The van der Waals surface area contributed by atoms with E-state index in [0.29, 0.717) is 17.7 Å². The van der Waals surface area contributed by atoms with Gasteiger partial charge in [-0.25, -0.2) is 18.1 Å². The summed E-state index contributed by atoms with van der Waals surface area (Å²) in [7, 11) is -3.87. The van der Waals surface area contributed by atoms with Crippen LogP contribution in [-0.2, 0) is 27.8 Å². The number of rotatable bonds is 10. The Morgan fingerprint density at radius 2 is 1.55 bits per heavy atom. The summed E-state index contributed by atoms with van der Waals surface area (Å²) in [5.74, 6) is 0.596. The lowest BCUT2D eigenvalue weighted by Gasteiger charge is -2.19. The monoisotopic (exact) mass is 527 g/mol. The van der Waals surface area contributed by atoms with Crippen molar-refractivity contribution in [2.75, 3.05) is 5.32 Å². The van der Waals surface area contributed by atoms with Crippen LogP contribution < -0.4 is 10.0 Å². The van der Waals surface area contributed by atoms with Gasteiger partial charge in [-0.3, -0.25) is 4.79 Å². The van der Waals surface area contributed by atoms with Crippen LogP contribution in [0, 0.1) is 20.8 Å². The fraction of sp³-hybridized carbons (Fsp3) is 0.226. The lowest BCUT2D eigenvalue weighted by atomic mass is 9.99. The van der Waals surface area contributed by atoms with E-state index >= 15 is 0 Å². The number of aromatic nitrogens is 1. The molecule has 0 spiro atoms. The third-order valence-corrected chi connectivity index (χ3v) is 8.23. The van der Waals surface area contributed by atoms with Crippen LogP contribution in [0.4, 0.5) is 5.82 Å². The Bertz CT molecular complexity index is 1510. The molecular weight excluding hydrogens is 494 g/mol. The summed E-state index contributed by atoms with van der Waals surface area (Å²) in [5.41, 5.74) is 6.45. The summed E-state index contributed by atoms with van der Waals surface area (Å²) in [4.78, 5) is 17.0. The molecule has 0 fully saturated rings. The first-order valence-corrected chi connectivity index (χ1v) is 14.0. The second kappa shape index (κ2) is 11.7. The summed E-state index contributed by atoms with van der Waals surface area (Å²) in [6, 6.07) is 24.7. The van der Waals surface area contributed by atoms with Crippen molar-refractivity contribution in [1.29, 1.82) is 0 Å². The van der Waals surface area contributed by atoms with Gasteiger partial charge in [0, 0.05) is 12.7 Å². The molecule has 3 aromatic carbocycles.